The fourth-order valence-corrected chi connectivity index (χ4v) is 1.88. The summed E-state index contributed by atoms with van der Waals surface area (Å²) >= 11 is 0. The SMILES string of the molecule is NC1CCC1S(=O)(=O)O. The molecule has 4 nitrogen and oxygen atoms in total. The molecule has 1 fully saturated rings. The monoisotopic (exact) mass is 151 g/mol. The van der Waals surface area contributed by atoms with Crippen molar-refractivity contribution in [3.8, 4) is 0 Å². The molecule has 0 aromatic rings. The summed E-state index contributed by atoms with van der Waals surface area (Å²) in [7, 11) is -3.84. The third-order valence-corrected chi connectivity index (χ3v) is 3.00. The van der Waals surface area contributed by atoms with Crippen molar-refractivity contribution in [3.05, 3.63) is 0 Å². The van der Waals surface area contributed by atoms with Gasteiger partial charge in [0.2, 0.25) is 0 Å². The van der Waals surface area contributed by atoms with Crippen molar-refractivity contribution < 1.29 is 13.0 Å². The minimum atomic E-state index is -3.84. The van der Waals surface area contributed by atoms with Gasteiger partial charge in [-0.05, 0) is 12.8 Å². The van der Waals surface area contributed by atoms with Crippen LogP contribution in [0.15, 0.2) is 0 Å². The summed E-state index contributed by atoms with van der Waals surface area (Å²) in [6.07, 6.45) is 1.20. The van der Waals surface area contributed by atoms with E-state index < -0.39 is 15.4 Å². The van der Waals surface area contributed by atoms with E-state index in [2.05, 4.69) is 0 Å². The standard InChI is InChI=1S/C4H9NO3S/c5-3-1-2-4(3)9(6,7)8/h3-4H,1-2,5H2,(H,6,7,8). The molecule has 0 spiro atoms. The molecule has 54 valence electrons. The van der Waals surface area contributed by atoms with E-state index in [0.717, 1.165) is 0 Å². The van der Waals surface area contributed by atoms with Crippen molar-refractivity contribution in [3.63, 3.8) is 0 Å². The molecule has 3 N–H and O–H groups in total. The van der Waals surface area contributed by atoms with Crippen molar-refractivity contribution in [1.29, 1.82) is 0 Å². The maximum absolute atomic E-state index is 10.3. The largest absolute Gasteiger partial charge is 0.326 e. The molecule has 5 heteroatoms. The zero-order valence-electron chi connectivity index (χ0n) is 4.82. The molecule has 0 aliphatic heterocycles. The number of hydrogen-bond acceptors (Lipinski definition) is 3. The van der Waals surface area contributed by atoms with E-state index >= 15 is 0 Å². The zero-order chi connectivity index (χ0) is 7.07. The van der Waals surface area contributed by atoms with Crippen LogP contribution in [0.5, 0.6) is 0 Å². The van der Waals surface area contributed by atoms with Crippen molar-refractivity contribution >= 4 is 10.1 Å². The molecule has 0 aromatic carbocycles. The third kappa shape index (κ3) is 1.23. The normalized spacial score (nSPS) is 35.8. The molecule has 1 rings (SSSR count). The minimum absolute atomic E-state index is 0.347. The minimum Gasteiger partial charge on any atom is -0.326 e. The molecule has 1 aliphatic carbocycles. The highest BCUT2D eigenvalue weighted by atomic mass is 32.2. The van der Waals surface area contributed by atoms with Crippen LogP contribution >= 0.6 is 0 Å². The second kappa shape index (κ2) is 1.93. The van der Waals surface area contributed by atoms with Crippen LogP contribution in [0.25, 0.3) is 0 Å². The van der Waals surface area contributed by atoms with Gasteiger partial charge in [0.1, 0.15) is 5.25 Å². The van der Waals surface area contributed by atoms with E-state index in [1.807, 2.05) is 0 Å². The summed E-state index contributed by atoms with van der Waals surface area (Å²) in [4.78, 5) is 0. The van der Waals surface area contributed by atoms with E-state index in [0.29, 0.717) is 12.8 Å². The van der Waals surface area contributed by atoms with Gasteiger partial charge in [0.15, 0.2) is 0 Å². The van der Waals surface area contributed by atoms with E-state index in [-0.39, 0.29) is 6.04 Å². The maximum Gasteiger partial charge on any atom is 0.269 e. The molecule has 0 aromatic heterocycles. The Hall–Kier alpha value is -0.130. The first kappa shape index (κ1) is 6.98. The Bertz CT molecular complexity index is 198. The van der Waals surface area contributed by atoms with E-state index in [1.54, 1.807) is 0 Å². The van der Waals surface area contributed by atoms with E-state index in [1.165, 1.54) is 0 Å². The molecule has 0 heterocycles. The smallest absolute Gasteiger partial charge is 0.269 e. The van der Waals surface area contributed by atoms with Crippen LogP contribution in [-0.4, -0.2) is 24.3 Å². The van der Waals surface area contributed by atoms with Crippen molar-refractivity contribution in [2.24, 2.45) is 5.73 Å². The van der Waals surface area contributed by atoms with Crippen LogP contribution in [0.3, 0.4) is 0 Å². The van der Waals surface area contributed by atoms with Gasteiger partial charge < -0.3 is 5.73 Å². The summed E-state index contributed by atoms with van der Waals surface area (Å²) in [5.41, 5.74) is 5.27. The molecule has 0 amide bonds. The molecule has 2 atom stereocenters. The van der Waals surface area contributed by atoms with Gasteiger partial charge in [0.25, 0.3) is 10.1 Å². The van der Waals surface area contributed by atoms with Gasteiger partial charge in [-0.3, -0.25) is 4.55 Å². The summed E-state index contributed by atoms with van der Waals surface area (Å²) in [6.45, 7) is 0. The molecule has 0 bridgehead atoms. The van der Waals surface area contributed by atoms with Crippen LogP contribution < -0.4 is 5.73 Å². The Morgan fingerprint density at radius 1 is 1.44 bits per heavy atom. The molecule has 2 unspecified atom stereocenters. The van der Waals surface area contributed by atoms with Crippen LogP contribution in [-0.2, 0) is 10.1 Å². The lowest BCUT2D eigenvalue weighted by Crippen LogP contribution is -2.48. The molecule has 9 heavy (non-hydrogen) atoms. The average molecular weight is 151 g/mol. The fraction of sp³-hybridized carbons (Fsp3) is 1.00. The van der Waals surface area contributed by atoms with Crippen molar-refractivity contribution in [1.82, 2.24) is 0 Å². The Balaban J connectivity index is 2.66. The highest BCUT2D eigenvalue weighted by Crippen LogP contribution is 2.23. The van der Waals surface area contributed by atoms with Gasteiger partial charge in [0.05, 0.1) is 0 Å². The highest BCUT2D eigenvalue weighted by Gasteiger charge is 2.37. The third-order valence-electron chi connectivity index (χ3n) is 1.64. The molecule has 0 radical (unpaired) electrons. The number of nitrogens with two attached hydrogens (primary N) is 1. The first-order valence-corrected chi connectivity index (χ1v) is 4.24. The highest BCUT2D eigenvalue weighted by molar-refractivity contribution is 7.86. The predicted octanol–water partition coefficient (Wildman–Crippen LogP) is -0.636. The van der Waals surface area contributed by atoms with Crippen molar-refractivity contribution in [2.75, 3.05) is 0 Å². The number of rotatable bonds is 1. The summed E-state index contributed by atoms with van der Waals surface area (Å²) in [6, 6.07) is -0.347. The summed E-state index contributed by atoms with van der Waals surface area (Å²) < 4.78 is 29.0. The lowest BCUT2D eigenvalue weighted by atomic mass is 9.93. The molecule has 1 aliphatic rings. The van der Waals surface area contributed by atoms with Gasteiger partial charge in [-0.25, -0.2) is 0 Å². The lowest BCUT2D eigenvalue weighted by Gasteiger charge is -2.30. The molecule has 0 saturated heterocycles. The van der Waals surface area contributed by atoms with Gasteiger partial charge in [-0.1, -0.05) is 0 Å². The average Bonchev–Trinajstić information content (AvgIpc) is 1.57. The fourth-order valence-electron chi connectivity index (χ4n) is 0.865. The first-order valence-electron chi connectivity index (χ1n) is 2.73. The van der Waals surface area contributed by atoms with Crippen LogP contribution in [0.4, 0.5) is 0 Å². The quantitative estimate of drug-likeness (QED) is 0.489. The Morgan fingerprint density at radius 3 is 2.00 bits per heavy atom. The van der Waals surface area contributed by atoms with Crippen LogP contribution in [0, 0.1) is 0 Å². The zero-order valence-corrected chi connectivity index (χ0v) is 5.63. The van der Waals surface area contributed by atoms with E-state index in [4.69, 9.17) is 10.3 Å². The lowest BCUT2D eigenvalue weighted by molar-refractivity contribution is 0.372. The predicted molar refractivity (Wildman–Crippen MR) is 32.5 cm³/mol. The van der Waals surface area contributed by atoms with E-state index in [9.17, 15) is 8.42 Å². The van der Waals surface area contributed by atoms with Crippen LogP contribution in [0.2, 0.25) is 0 Å². The van der Waals surface area contributed by atoms with Gasteiger partial charge in [0, 0.05) is 6.04 Å². The van der Waals surface area contributed by atoms with Gasteiger partial charge in [-0.2, -0.15) is 8.42 Å². The number of hydrogen-bond donors (Lipinski definition) is 2. The van der Waals surface area contributed by atoms with Gasteiger partial charge in [-0.15, -0.1) is 0 Å². The van der Waals surface area contributed by atoms with Crippen molar-refractivity contribution in [2.45, 2.75) is 24.1 Å². The maximum atomic E-state index is 10.3. The second-order valence-corrected chi connectivity index (χ2v) is 3.93. The topological polar surface area (TPSA) is 80.4 Å². The Morgan fingerprint density at radius 2 is 2.00 bits per heavy atom. The second-order valence-electron chi connectivity index (χ2n) is 2.29. The van der Waals surface area contributed by atoms with Gasteiger partial charge >= 0.3 is 0 Å². The Labute approximate surface area is 53.8 Å². The summed E-state index contributed by atoms with van der Waals surface area (Å²) in [5.74, 6) is 0. The molecular formula is C4H9NO3S. The first-order chi connectivity index (χ1) is 4.02. The molecular weight excluding hydrogens is 142 g/mol. The van der Waals surface area contributed by atoms with Crippen LogP contribution in [0.1, 0.15) is 12.8 Å². The Kier molecular flexibility index (Phi) is 1.50. The molecule has 1 saturated carbocycles. The summed E-state index contributed by atoms with van der Waals surface area (Å²) in [5, 5.41) is -0.697.